The topological polar surface area (TPSA) is 40.5 Å². The normalized spacial score (nSPS) is 61.2. The van der Waals surface area contributed by atoms with Crippen LogP contribution in [-0.4, -0.2) is 22.4 Å². The van der Waals surface area contributed by atoms with Crippen LogP contribution in [0.25, 0.3) is 0 Å². The number of hydrogen-bond donors (Lipinski definition) is 2. The maximum absolute atomic E-state index is 11.0. The molecule has 2 N–H and O–H groups in total. The molecule has 0 bridgehead atoms. The summed E-state index contributed by atoms with van der Waals surface area (Å²) >= 11 is 0. The lowest BCUT2D eigenvalue weighted by molar-refractivity contribution is -0.185. The summed E-state index contributed by atoms with van der Waals surface area (Å²) in [5, 5.41) is 21.6. The zero-order valence-corrected chi connectivity index (χ0v) is 14.6. The molecular weight excluding hydrogens is 272 g/mol. The fourth-order valence-electron chi connectivity index (χ4n) is 7.59. The van der Waals surface area contributed by atoms with Gasteiger partial charge in [-0.3, -0.25) is 0 Å². The SMILES string of the molecule is CC1CCC2C3C(O)CC4C(O)CCCC4(C)C3CCC12C. The van der Waals surface area contributed by atoms with Crippen molar-refractivity contribution < 1.29 is 10.2 Å². The Labute approximate surface area is 135 Å². The molecule has 0 aromatic carbocycles. The molecule has 0 radical (unpaired) electrons. The molecule has 0 amide bonds. The van der Waals surface area contributed by atoms with E-state index in [-0.39, 0.29) is 17.6 Å². The second-order valence-corrected chi connectivity index (χ2v) is 9.69. The minimum Gasteiger partial charge on any atom is -0.393 e. The minimum absolute atomic E-state index is 0.175. The van der Waals surface area contributed by atoms with Gasteiger partial charge in [0, 0.05) is 0 Å². The van der Waals surface area contributed by atoms with Crippen molar-refractivity contribution in [1.82, 2.24) is 0 Å². The van der Waals surface area contributed by atoms with Gasteiger partial charge in [-0.05, 0) is 85.4 Å². The van der Waals surface area contributed by atoms with E-state index in [1.54, 1.807) is 0 Å². The number of aliphatic hydroxyl groups is 2. The van der Waals surface area contributed by atoms with E-state index in [0.29, 0.717) is 29.1 Å². The highest BCUT2D eigenvalue weighted by Crippen LogP contribution is 2.67. The van der Waals surface area contributed by atoms with Crippen molar-refractivity contribution >= 4 is 0 Å². The van der Waals surface area contributed by atoms with Crippen LogP contribution in [0.5, 0.6) is 0 Å². The summed E-state index contributed by atoms with van der Waals surface area (Å²) in [6.45, 7) is 7.39. The van der Waals surface area contributed by atoms with Crippen LogP contribution in [0, 0.1) is 40.4 Å². The molecule has 2 nitrogen and oxygen atoms in total. The van der Waals surface area contributed by atoms with E-state index in [4.69, 9.17) is 0 Å². The molecule has 9 atom stereocenters. The van der Waals surface area contributed by atoms with Crippen molar-refractivity contribution in [1.29, 1.82) is 0 Å². The molecule has 0 aromatic heterocycles. The van der Waals surface area contributed by atoms with Crippen LogP contribution in [-0.2, 0) is 0 Å². The van der Waals surface area contributed by atoms with Gasteiger partial charge in [-0.2, -0.15) is 0 Å². The van der Waals surface area contributed by atoms with Gasteiger partial charge < -0.3 is 10.2 Å². The van der Waals surface area contributed by atoms with E-state index in [1.165, 1.54) is 38.5 Å². The monoisotopic (exact) mass is 306 g/mol. The summed E-state index contributed by atoms with van der Waals surface area (Å²) in [5.41, 5.74) is 0.730. The quantitative estimate of drug-likeness (QED) is 0.710. The molecule has 9 unspecified atom stereocenters. The van der Waals surface area contributed by atoms with Crippen molar-refractivity contribution in [3.05, 3.63) is 0 Å². The van der Waals surface area contributed by atoms with Gasteiger partial charge >= 0.3 is 0 Å². The van der Waals surface area contributed by atoms with Crippen LogP contribution in [0.3, 0.4) is 0 Å². The van der Waals surface area contributed by atoms with Crippen LogP contribution < -0.4 is 0 Å². The van der Waals surface area contributed by atoms with Gasteiger partial charge in [0.05, 0.1) is 12.2 Å². The predicted molar refractivity (Wildman–Crippen MR) is 88.3 cm³/mol. The number of fused-ring (bicyclic) bond motifs is 5. The fourth-order valence-corrected chi connectivity index (χ4v) is 7.59. The van der Waals surface area contributed by atoms with E-state index < -0.39 is 0 Å². The van der Waals surface area contributed by atoms with Gasteiger partial charge in [0.15, 0.2) is 0 Å². The highest BCUT2D eigenvalue weighted by molar-refractivity contribution is 5.11. The average Bonchev–Trinajstić information content (AvgIpc) is 2.77. The van der Waals surface area contributed by atoms with Gasteiger partial charge in [0.2, 0.25) is 0 Å². The zero-order valence-electron chi connectivity index (χ0n) is 14.6. The second-order valence-electron chi connectivity index (χ2n) is 9.69. The third kappa shape index (κ3) is 1.86. The van der Waals surface area contributed by atoms with Crippen LogP contribution >= 0.6 is 0 Å². The Balaban J connectivity index is 1.70. The third-order valence-corrected chi connectivity index (χ3v) is 9.12. The first-order valence-electron chi connectivity index (χ1n) is 9.74. The molecule has 4 rings (SSSR count). The maximum Gasteiger partial charge on any atom is 0.0577 e. The van der Waals surface area contributed by atoms with E-state index in [9.17, 15) is 10.2 Å². The van der Waals surface area contributed by atoms with Gasteiger partial charge in [0.1, 0.15) is 0 Å². The van der Waals surface area contributed by atoms with Crippen molar-refractivity contribution in [2.75, 3.05) is 0 Å². The first kappa shape index (κ1) is 15.4. The minimum atomic E-state index is -0.176. The molecule has 126 valence electrons. The molecule has 4 aliphatic carbocycles. The van der Waals surface area contributed by atoms with Crippen LogP contribution in [0.1, 0.15) is 72.1 Å². The van der Waals surface area contributed by atoms with Crippen molar-refractivity contribution in [2.24, 2.45) is 40.4 Å². The van der Waals surface area contributed by atoms with E-state index in [0.717, 1.165) is 18.8 Å². The lowest BCUT2D eigenvalue weighted by Crippen LogP contribution is -2.59. The van der Waals surface area contributed by atoms with Crippen molar-refractivity contribution in [3.63, 3.8) is 0 Å². The van der Waals surface area contributed by atoms with E-state index in [1.807, 2.05) is 0 Å². The Morgan fingerprint density at radius 1 is 0.773 bits per heavy atom. The smallest absolute Gasteiger partial charge is 0.0577 e. The zero-order chi connectivity index (χ0) is 15.7. The fraction of sp³-hybridized carbons (Fsp3) is 1.00. The summed E-state index contributed by atoms with van der Waals surface area (Å²) < 4.78 is 0. The predicted octanol–water partition coefficient (Wildman–Crippen LogP) is 4.00. The summed E-state index contributed by atoms with van der Waals surface area (Å²) in [5.74, 6) is 3.00. The largest absolute Gasteiger partial charge is 0.393 e. The Hall–Kier alpha value is -0.0800. The van der Waals surface area contributed by atoms with Crippen molar-refractivity contribution in [2.45, 2.75) is 84.3 Å². The van der Waals surface area contributed by atoms with Crippen LogP contribution in [0.15, 0.2) is 0 Å². The lowest BCUT2D eigenvalue weighted by Gasteiger charge is -2.62. The molecule has 0 aromatic rings. The Bertz CT molecular complexity index is 449. The molecule has 22 heavy (non-hydrogen) atoms. The highest BCUT2D eigenvalue weighted by atomic mass is 16.3. The highest BCUT2D eigenvalue weighted by Gasteiger charge is 2.62. The summed E-state index contributed by atoms with van der Waals surface area (Å²) in [6.07, 6.45) is 9.16. The number of hydrogen-bond acceptors (Lipinski definition) is 2. The Kier molecular flexibility index (Phi) is 3.48. The molecule has 4 aliphatic rings. The first-order chi connectivity index (χ1) is 10.4. The first-order valence-corrected chi connectivity index (χ1v) is 9.74. The average molecular weight is 306 g/mol. The molecular formula is C20H34O2. The molecule has 2 heteroatoms. The molecule has 0 spiro atoms. The van der Waals surface area contributed by atoms with Gasteiger partial charge in [-0.1, -0.05) is 27.2 Å². The second kappa shape index (κ2) is 4.96. The molecule has 4 fully saturated rings. The number of aliphatic hydroxyl groups excluding tert-OH is 2. The number of rotatable bonds is 0. The van der Waals surface area contributed by atoms with Crippen LogP contribution in [0.4, 0.5) is 0 Å². The van der Waals surface area contributed by atoms with Gasteiger partial charge in [-0.15, -0.1) is 0 Å². The third-order valence-electron chi connectivity index (χ3n) is 9.12. The van der Waals surface area contributed by atoms with Crippen LogP contribution in [0.2, 0.25) is 0 Å². The van der Waals surface area contributed by atoms with E-state index >= 15 is 0 Å². The maximum atomic E-state index is 11.0. The van der Waals surface area contributed by atoms with Gasteiger partial charge in [0.25, 0.3) is 0 Å². The lowest BCUT2D eigenvalue weighted by atomic mass is 9.44. The van der Waals surface area contributed by atoms with Gasteiger partial charge in [-0.25, -0.2) is 0 Å². The standard InChI is InChI=1S/C20H34O2/c1-12-6-7-13-18-14(8-10-19(12,13)2)20(3)9-4-5-16(21)15(20)11-17(18)22/h12-18,21-22H,4-11H2,1-3H3. The van der Waals surface area contributed by atoms with Crippen molar-refractivity contribution in [3.8, 4) is 0 Å². The van der Waals surface area contributed by atoms with E-state index in [2.05, 4.69) is 20.8 Å². The molecule has 0 aliphatic heterocycles. The summed E-state index contributed by atoms with van der Waals surface area (Å²) in [6, 6.07) is 0. The Morgan fingerprint density at radius 3 is 2.27 bits per heavy atom. The molecule has 0 saturated heterocycles. The molecule has 4 saturated carbocycles. The summed E-state index contributed by atoms with van der Waals surface area (Å²) in [7, 11) is 0. The Morgan fingerprint density at radius 2 is 1.50 bits per heavy atom. The molecule has 0 heterocycles. The summed E-state index contributed by atoms with van der Waals surface area (Å²) in [4.78, 5) is 0.